The molecule has 0 radical (unpaired) electrons. The first-order valence-corrected chi connectivity index (χ1v) is 8.06. The third kappa shape index (κ3) is 2.88. The summed E-state index contributed by atoms with van der Waals surface area (Å²) in [6, 6.07) is 9.66. The van der Waals surface area contributed by atoms with E-state index in [1.807, 2.05) is 0 Å². The molecular weight excluding hydrogens is 338 g/mol. The topological polar surface area (TPSA) is 109 Å². The molecule has 0 spiro atoms. The molecule has 1 aromatic heterocycles. The lowest BCUT2D eigenvalue weighted by atomic mass is 10.2. The van der Waals surface area contributed by atoms with Crippen LogP contribution in [0.25, 0.3) is 11.0 Å². The Morgan fingerprint density at radius 2 is 1.75 bits per heavy atom. The van der Waals surface area contributed by atoms with Gasteiger partial charge in [-0.05, 0) is 42.5 Å². The van der Waals surface area contributed by atoms with E-state index in [1.165, 1.54) is 49.6 Å². The van der Waals surface area contributed by atoms with Crippen LogP contribution in [-0.2, 0) is 10.1 Å². The van der Waals surface area contributed by atoms with Crippen molar-refractivity contribution >= 4 is 26.8 Å². The second-order valence-corrected chi connectivity index (χ2v) is 6.30. The lowest BCUT2D eigenvalue weighted by Crippen LogP contribution is -2.09. The van der Waals surface area contributed by atoms with Crippen molar-refractivity contribution in [1.82, 2.24) is 0 Å². The Morgan fingerprint density at radius 3 is 2.38 bits per heavy atom. The Kier molecular flexibility index (Phi) is 3.86. The van der Waals surface area contributed by atoms with Gasteiger partial charge >= 0.3 is 15.8 Å². The lowest BCUT2D eigenvalue weighted by Gasteiger charge is -2.07. The predicted molar refractivity (Wildman–Crippen MR) is 83.7 cm³/mol. The molecule has 1 heterocycles. The Balaban J connectivity index is 1.95. The molecule has 0 aliphatic heterocycles. The highest BCUT2D eigenvalue weighted by molar-refractivity contribution is 7.87. The number of benzene rings is 2. The normalized spacial score (nSPS) is 11.4. The monoisotopic (exact) mass is 349 g/mol. The quantitative estimate of drug-likeness (QED) is 0.395. The summed E-state index contributed by atoms with van der Waals surface area (Å²) in [5, 5.41) is 11.1. The molecule has 124 valence electrons. The van der Waals surface area contributed by atoms with Crippen molar-refractivity contribution in [2.45, 2.75) is 4.90 Å². The van der Waals surface area contributed by atoms with Crippen molar-refractivity contribution in [3.05, 3.63) is 58.8 Å². The van der Waals surface area contributed by atoms with Gasteiger partial charge in [0.15, 0.2) is 6.26 Å². The maximum Gasteiger partial charge on any atom is 0.339 e. The molecular formula is C15H11NO7S. The number of nitro groups is 1. The van der Waals surface area contributed by atoms with Gasteiger partial charge in [0, 0.05) is 0 Å². The predicted octanol–water partition coefficient (Wildman–Crippen LogP) is 3.12. The van der Waals surface area contributed by atoms with E-state index >= 15 is 0 Å². The fourth-order valence-corrected chi connectivity index (χ4v) is 3.03. The highest BCUT2D eigenvalue weighted by atomic mass is 32.2. The third-order valence-electron chi connectivity index (χ3n) is 3.28. The van der Waals surface area contributed by atoms with Gasteiger partial charge in [0.1, 0.15) is 27.4 Å². The van der Waals surface area contributed by atoms with Gasteiger partial charge in [-0.3, -0.25) is 10.1 Å². The van der Waals surface area contributed by atoms with E-state index in [0.717, 1.165) is 6.26 Å². The summed E-state index contributed by atoms with van der Waals surface area (Å²) in [5.74, 6) is 0.451. The highest BCUT2D eigenvalue weighted by Gasteiger charge is 2.20. The molecule has 2 aromatic carbocycles. The minimum Gasteiger partial charge on any atom is -0.497 e. The summed E-state index contributed by atoms with van der Waals surface area (Å²) in [7, 11) is -2.61. The standard InChI is InChI=1S/C15H11NO7S/c1-21-10-2-5-12(6-3-10)24(19,20)23-11-4-7-15-13(8-11)14(9-22-15)16(17)18/h2-9H,1H3. The number of hydrogen-bond donors (Lipinski definition) is 0. The number of ether oxygens (including phenoxy) is 1. The molecule has 0 N–H and O–H groups in total. The summed E-state index contributed by atoms with van der Waals surface area (Å²) >= 11 is 0. The van der Waals surface area contributed by atoms with Crippen LogP contribution in [0.1, 0.15) is 0 Å². The Morgan fingerprint density at radius 1 is 1.08 bits per heavy atom. The molecule has 0 atom stereocenters. The van der Waals surface area contributed by atoms with Crippen LogP contribution in [-0.4, -0.2) is 20.5 Å². The molecule has 0 aliphatic rings. The van der Waals surface area contributed by atoms with Crippen LogP contribution in [0.2, 0.25) is 0 Å². The third-order valence-corrected chi connectivity index (χ3v) is 4.54. The van der Waals surface area contributed by atoms with Crippen molar-refractivity contribution in [3.63, 3.8) is 0 Å². The van der Waals surface area contributed by atoms with Crippen LogP contribution >= 0.6 is 0 Å². The maximum absolute atomic E-state index is 12.3. The van der Waals surface area contributed by atoms with Gasteiger partial charge in [0.25, 0.3) is 0 Å². The van der Waals surface area contributed by atoms with E-state index in [-0.39, 0.29) is 27.3 Å². The summed E-state index contributed by atoms with van der Waals surface area (Å²) < 4.78 is 39.6. The van der Waals surface area contributed by atoms with Crippen molar-refractivity contribution in [2.24, 2.45) is 0 Å². The van der Waals surface area contributed by atoms with Crippen LogP contribution in [0.15, 0.2) is 58.0 Å². The minimum atomic E-state index is -4.08. The van der Waals surface area contributed by atoms with Gasteiger partial charge in [-0.15, -0.1) is 0 Å². The molecule has 8 nitrogen and oxygen atoms in total. The number of methoxy groups -OCH3 is 1. The van der Waals surface area contributed by atoms with E-state index in [0.29, 0.717) is 5.75 Å². The summed E-state index contributed by atoms with van der Waals surface area (Å²) in [4.78, 5) is 10.2. The van der Waals surface area contributed by atoms with Crippen molar-refractivity contribution < 1.29 is 26.7 Å². The first kappa shape index (κ1) is 15.8. The van der Waals surface area contributed by atoms with Crippen LogP contribution in [0.3, 0.4) is 0 Å². The fraction of sp³-hybridized carbons (Fsp3) is 0.0667. The van der Waals surface area contributed by atoms with Crippen LogP contribution in [0, 0.1) is 10.1 Å². The van der Waals surface area contributed by atoms with Gasteiger partial charge in [-0.1, -0.05) is 0 Å². The number of rotatable bonds is 5. The number of furan rings is 1. The molecule has 3 aromatic rings. The van der Waals surface area contributed by atoms with Crippen molar-refractivity contribution in [2.75, 3.05) is 7.11 Å². The van der Waals surface area contributed by atoms with Crippen molar-refractivity contribution in [3.8, 4) is 11.5 Å². The van der Waals surface area contributed by atoms with Crippen molar-refractivity contribution in [1.29, 1.82) is 0 Å². The number of hydrogen-bond acceptors (Lipinski definition) is 7. The average Bonchev–Trinajstić information content (AvgIpc) is 2.98. The SMILES string of the molecule is COc1ccc(S(=O)(=O)Oc2ccc3occ([N+](=O)[O-])c3c2)cc1. The molecule has 0 amide bonds. The van der Waals surface area contributed by atoms with Gasteiger partial charge in [-0.25, -0.2) is 0 Å². The summed E-state index contributed by atoms with van der Waals surface area (Å²) in [6.07, 6.45) is 0.992. The molecule has 0 fully saturated rings. The lowest BCUT2D eigenvalue weighted by molar-refractivity contribution is -0.383. The van der Waals surface area contributed by atoms with E-state index in [9.17, 15) is 18.5 Å². The molecule has 9 heteroatoms. The molecule has 0 saturated heterocycles. The van der Waals surface area contributed by atoms with E-state index < -0.39 is 15.0 Å². The van der Waals surface area contributed by atoms with Gasteiger partial charge in [0.05, 0.1) is 12.0 Å². The highest BCUT2D eigenvalue weighted by Crippen LogP contribution is 2.32. The minimum absolute atomic E-state index is 0.0529. The van der Waals surface area contributed by atoms with Gasteiger partial charge in [0.2, 0.25) is 0 Å². The molecule has 0 unspecified atom stereocenters. The second-order valence-electron chi connectivity index (χ2n) is 4.75. The van der Waals surface area contributed by atoms with Gasteiger partial charge < -0.3 is 13.3 Å². The zero-order valence-electron chi connectivity index (χ0n) is 12.3. The zero-order valence-corrected chi connectivity index (χ0v) is 13.1. The van der Waals surface area contributed by atoms with E-state index in [4.69, 9.17) is 13.3 Å². The largest absolute Gasteiger partial charge is 0.497 e. The Labute approximate surface area is 136 Å². The number of fused-ring (bicyclic) bond motifs is 1. The zero-order chi connectivity index (χ0) is 17.3. The molecule has 0 saturated carbocycles. The molecule has 0 bridgehead atoms. The smallest absolute Gasteiger partial charge is 0.339 e. The Hall–Kier alpha value is -3.07. The van der Waals surface area contributed by atoms with Crippen LogP contribution < -0.4 is 8.92 Å². The molecule has 24 heavy (non-hydrogen) atoms. The second kappa shape index (κ2) is 5.85. The Bertz CT molecular complexity index is 1010. The first-order valence-electron chi connectivity index (χ1n) is 6.65. The summed E-state index contributed by atoms with van der Waals surface area (Å²) in [5.41, 5.74) is -0.00630. The van der Waals surface area contributed by atoms with E-state index in [1.54, 1.807) is 0 Å². The first-order chi connectivity index (χ1) is 11.4. The fourth-order valence-electron chi connectivity index (χ4n) is 2.11. The van der Waals surface area contributed by atoms with Crippen LogP contribution in [0.4, 0.5) is 5.69 Å². The van der Waals surface area contributed by atoms with Crippen LogP contribution in [0.5, 0.6) is 11.5 Å². The van der Waals surface area contributed by atoms with Gasteiger partial charge in [-0.2, -0.15) is 8.42 Å². The average molecular weight is 349 g/mol. The molecule has 0 aliphatic carbocycles. The van der Waals surface area contributed by atoms with E-state index in [2.05, 4.69) is 0 Å². The summed E-state index contributed by atoms with van der Waals surface area (Å²) in [6.45, 7) is 0. The maximum atomic E-state index is 12.3. The molecule has 3 rings (SSSR count). The number of nitrogens with zero attached hydrogens (tertiary/aromatic N) is 1.